The second-order valence-electron chi connectivity index (χ2n) is 3.50. The number of unbranched alkanes of at least 4 members (excludes halogenated alkanes) is 5. The molecule has 3 heteroatoms. The van der Waals surface area contributed by atoms with Gasteiger partial charge in [0.05, 0.1) is 0 Å². The number of rotatable bonds is 11. The van der Waals surface area contributed by atoms with Crippen molar-refractivity contribution in [3.05, 3.63) is 0 Å². The Balaban J connectivity index is 2.78. The minimum absolute atomic E-state index is 0.358. The van der Waals surface area contributed by atoms with E-state index in [4.69, 9.17) is 5.11 Å². The predicted octanol–water partition coefficient (Wildman–Crippen LogP) is 3.84. The standard InChI is InChI=1S/C11H23BrOS/c12-8-4-1-2-6-10-14-11-7-3-5-9-13/h13H,1-11H2. The summed E-state index contributed by atoms with van der Waals surface area (Å²) in [6, 6.07) is 0. The second kappa shape index (κ2) is 13.8. The maximum atomic E-state index is 8.58. The van der Waals surface area contributed by atoms with E-state index in [1.807, 2.05) is 0 Å². The topological polar surface area (TPSA) is 20.2 Å². The third-order valence-corrected chi connectivity index (χ3v) is 3.83. The van der Waals surface area contributed by atoms with Crippen molar-refractivity contribution in [1.82, 2.24) is 0 Å². The van der Waals surface area contributed by atoms with Crippen LogP contribution in [-0.2, 0) is 0 Å². The largest absolute Gasteiger partial charge is 0.396 e. The van der Waals surface area contributed by atoms with E-state index in [0.29, 0.717) is 6.61 Å². The van der Waals surface area contributed by atoms with Crippen molar-refractivity contribution in [2.75, 3.05) is 23.4 Å². The lowest BCUT2D eigenvalue weighted by Gasteiger charge is -2.01. The Bertz CT molecular complexity index is 89.3. The van der Waals surface area contributed by atoms with Gasteiger partial charge in [0.2, 0.25) is 0 Å². The molecule has 0 rings (SSSR count). The van der Waals surface area contributed by atoms with Crippen molar-refractivity contribution in [2.45, 2.75) is 44.9 Å². The number of thioether (sulfide) groups is 1. The van der Waals surface area contributed by atoms with Gasteiger partial charge in [-0.05, 0) is 37.2 Å². The van der Waals surface area contributed by atoms with E-state index in [0.717, 1.165) is 11.8 Å². The van der Waals surface area contributed by atoms with Gasteiger partial charge in [0.15, 0.2) is 0 Å². The third kappa shape index (κ3) is 12.8. The van der Waals surface area contributed by atoms with Crippen molar-refractivity contribution in [1.29, 1.82) is 0 Å². The molecule has 0 aromatic carbocycles. The van der Waals surface area contributed by atoms with Gasteiger partial charge in [0.25, 0.3) is 0 Å². The number of halogens is 1. The number of hydrogen-bond acceptors (Lipinski definition) is 2. The summed E-state index contributed by atoms with van der Waals surface area (Å²) in [7, 11) is 0. The van der Waals surface area contributed by atoms with Crippen LogP contribution in [0.5, 0.6) is 0 Å². The molecule has 0 aliphatic heterocycles. The average Bonchev–Trinajstić information content (AvgIpc) is 2.21. The maximum Gasteiger partial charge on any atom is 0.0431 e. The first-order chi connectivity index (χ1) is 6.91. The molecule has 0 amide bonds. The van der Waals surface area contributed by atoms with Crippen molar-refractivity contribution in [3.63, 3.8) is 0 Å². The summed E-state index contributed by atoms with van der Waals surface area (Å²) in [5.41, 5.74) is 0. The molecule has 0 atom stereocenters. The molecule has 0 aliphatic carbocycles. The van der Waals surface area contributed by atoms with Gasteiger partial charge in [-0.1, -0.05) is 35.2 Å². The average molecular weight is 283 g/mol. The van der Waals surface area contributed by atoms with Gasteiger partial charge in [-0.15, -0.1) is 0 Å². The first-order valence-electron chi connectivity index (χ1n) is 5.66. The lowest BCUT2D eigenvalue weighted by atomic mass is 10.2. The highest BCUT2D eigenvalue weighted by atomic mass is 79.9. The molecule has 0 aromatic rings. The molecule has 1 nitrogen and oxygen atoms in total. The monoisotopic (exact) mass is 282 g/mol. The fraction of sp³-hybridized carbons (Fsp3) is 1.00. The molecule has 14 heavy (non-hydrogen) atoms. The summed E-state index contributed by atoms with van der Waals surface area (Å²) >= 11 is 5.51. The summed E-state index contributed by atoms with van der Waals surface area (Å²) < 4.78 is 0. The smallest absolute Gasteiger partial charge is 0.0431 e. The van der Waals surface area contributed by atoms with Crippen LogP contribution in [0.2, 0.25) is 0 Å². The van der Waals surface area contributed by atoms with Crippen LogP contribution < -0.4 is 0 Å². The van der Waals surface area contributed by atoms with Gasteiger partial charge >= 0.3 is 0 Å². The molecule has 0 saturated heterocycles. The van der Waals surface area contributed by atoms with Gasteiger partial charge in [0, 0.05) is 11.9 Å². The van der Waals surface area contributed by atoms with E-state index in [-0.39, 0.29) is 0 Å². The summed E-state index contributed by atoms with van der Waals surface area (Å²) in [6.07, 6.45) is 8.88. The van der Waals surface area contributed by atoms with E-state index in [1.165, 1.54) is 50.0 Å². The minimum atomic E-state index is 0.358. The van der Waals surface area contributed by atoms with Crippen molar-refractivity contribution >= 4 is 27.7 Å². The van der Waals surface area contributed by atoms with Crippen LogP contribution in [0.1, 0.15) is 44.9 Å². The Labute approximate surface area is 101 Å². The van der Waals surface area contributed by atoms with Gasteiger partial charge < -0.3 is 5.11 Å². The fourth-order valence-corrected chi connectivity index (χ4v) is 2.66. The van der Waals surface area contributed by atoms with E-state index >= 15 is 0 Å². The molecular formula is C11H23BrOS. The quantitative estimate of drug-likeness (QED) is 0.459. The summed E-state index contributed by atoms with van der Waals surface area (Å²) in [5, 5.41) is 9.73. The minimum Gasteiger partial charge on any atom is -0.396 e. The first kappa shape index (κ1) is 14.8. The van der Waals surface area contributed by atoms with Crippen LogP contribution in [0, 0.1) is 0 Å². The number of aliphatic hydroxyl groups is 1. The Morgan fingerprint density at radius 1 is 0.786 bits per heavy atom. The SMILES string of the molecule is OCCCCCSCCCCCCBr. The molecule has 0 heterocycles. The molecule has 1 N–H and O–H groups in total. The molecule has 0 unspecified atom stereocenters. The van der Waals surface area contributed by atoms with Gasteiger partial charge in [-0.25, -0.2) is 0 Å². The Morgan fingerprint density at radius 2 is 1.36 bits per heavy atom. The van der Waals surface area contributed by atoms with Crippen molar-refractivity contribution < 1.29 is 5.11 Å². The predicted molar refractivity (Wildman–Crippen MR) is 70.5 cm³/mol. The Kier molecular flexibility index (Phi) is 14.6. The summed E-state index contributed by atoms with van der Waals surface area (Å²) in [5.74, 6) is 2.60. The van der Waals surface area contributed by atoms with Crippen molar-refractivity contribution in [3.8, 4) is 0 Å². The molecular weight excluding hydrogens is 260 g/mol. The number of alkyl halides is 1. The third-order valence-electron chi connectivity index (χ3n) is 2.12. The highest BCUT2D eigenvalue weighted by Gasteiger charge is 1.92. The molecule has 0 aromatic heterocycles. The maximum absolute atomic E-state index is 8.58. The van der Waals surface area contributed by atoms with E-state index in [9.17, 15) is 0 Å². The molecule has 0 spiro atoms. The lowest BCUT2D eigenvalue weighted by Crippen LogP contribution is -1.88. The Morgan fingerprint density at radius 3 is 1.93 bits per heavy atom. The van der Waals surface area contributed by atoms with Crippen LogP contribution in [0.3, 0.4) is 0 Å². The molecule has 0 fully saturated rings. The number of hydrogen-bond donors (Lipinski definition) is 1. The van der Waals surface area contributed by atoms with Crippen LogP contribution >= 0.6 is 27.7 Å². The zero-order valence-electron chi connectivity index (χ0n) is 9.01. The van der Waals surface area contributed by atoms with Crippen LogP contribution in [0.15, 0.2) is 0 Å². The van der Waals surface area contributed by atoms with Gasteiger partial charge in [0.1, 0.15) is 0 Å². The second-order valence-corrected chi connectivity index (χ2v) is 5.52. The first-order valence-corrected chi connectivity index (χ1v) is 7.94. The normalized spacial score (nSPS) is 10.7. The highest BCUT2D eigenvalue weighted by molar-refractivity contribution is 9.09. The zero-order valence-corrected chi connectivity index (χ0v) is 11.4. The van der Waals surface area contributed by atoms with E-state index < -0.39 is 0 Å². The summed E-state index contributed by atoms with van der Waals surface area (Å²) in [4.78, 5) is 0. The summed E-state index contributed by atoms with van der Waals surface area (Å²) in [6.45, 7) is 0.358. The molecule has 0 saturated carbocycles. The van der Waals surface area contributed by atoms with Crippen LogP contribution in [0.4, 0.5) is 0 Å². The van der Waals surface area contributed by atoms with Crippen LogP contribution in [0.25, 0.3) is 0 Å². The fourth-order valence-electron chi connectivity index (χ4n) is 1.25. The zero-order chi connectivity index (χ0) is 10.5. The molecule has 86 valence electrons. The lowest BCUT2D eigenvalue weighted by molar-refractivity contribution is 0.284. The molecule has 0 bridgehead atoms. The molecule has 0 aliphatic rings. The van der Waals surface area contributed by atoms with Crippen LogP contribution in [-0.4, -0.2) is 28.5 Å². The highest BCUT2D eigenvalue weighted by Crippen LogP contribution is 2.10. The molecule has 0 radical (unpaired) electrons. The van der Waals surface area contributed by atoms with E-state index in [2.05, 4.69) is 27.7 Å². The number of aliphatic hydroxyl groups excluding tert-OH is 1. The van der Waals surface area contributed by atoms with E-state index in [1.54, 1.807) is 0 Å². The van der Waals surface area contributed by atoms with Crippen molar-refractivity contribution in [2.24, 2.45) is 0 Å². The van der Waals surface area contributed by atoms with Gasteiger partial charge in [-0.3, -0.25) is 0 Å². The Hall–Kier alpha value is 0.790. The van der Waals surface area contributed by atoms with Gasteiger partial charge in [-0.2, -0.15) is 11.8 Å².